The normalized spacial score (nSPS) is 23.6. The number of halogens is 2. The number of rotatable bonds is 7. The molecule has 2 saturated heterocycles. The van der Waals surface area contributed by atoms with Crippen LogP contribution in [0.4, 0.5) is 8.78 Å². The molecule has 1 aromatic heterocycles. The van der Waals surface area contributed by atoms with Crippen molar-refractivity contribution in [3.05, 3.63) is 89.1 Å². The van der Waals surface area contributed by atoms with E-state index >= 15 is 8.78 Å². The molecule has 3 aromatic rings. The predicted octanol–water partition coefficient (Wildman–Crippen LogP) is 4.80. The van der Waals surface area contributed by atoms with E-state index in [0.29, 0.717) is 50.4 Å². The zero-order valence-electron chi connectivity index (χ0n) is 20.7. The highest BCUT2D eigenvalue weighted by atomic mass is 32.2. The average molecular weight is 532 g/mol. The van der Waals surface area contributed by atoms with E-state index < -0.39 is 32.4 Å². The highest BCUT2D eigenvalue weighted by Gasteiger charge is 2.42. The Kier molecular flexibility index (Phi) is 7.44. The molecule has 2 atom stereocenters. The Bertz CT molecular complexity index is 1310. The topological polar surface area (TPSA) is 84.7 Å². The van der Waals surface area contributed by atoms with E-state index in [1.54, 1.807) is 12.1 Å². The molecular weight excluding hydrogens is 500 g/mol. The summed E-state index contributed by atoms with van der Waals surface area (Å²) >= 11 is 0. The van der Waals surface area contributed by atoms with Gasteiger partial charge in [0.1, 0.15) is 23.1 Å². The number of nitrogens with zero attached hydrogens (tertiary/aromatic N) is 2. The van der Waals surface area contributed by atoms with Crippen LogP contribution in [0.2, 0.25) is 0 Å². The van der Waals surface area contributed by atoms with E-state index in [2.05, 4.69) is 10.3 Å². The van der Waals surface area contributed by atoms with Gasteiger partial charge in [-0.3, -0.25) is 5.32 Å². The highest BCUT2D eigenvalue weighted by Crippen LogP contribution is 2.39. The monoisotopic (exact) mass is 531 g/mol. The van der Waals surface area contributed by atoms with Gasteiger partial charge in [-0.15, -0.1) is 0 Å². The van der Waals surface area contributed by atoms with Crippen molar-refractivity contribution in [2.45, 2.75) is 62.5 Å². The van der Waals surface area contributed by atoms with Crippen LogP contribution >= 0.6 is 0 Å². The molecule has 7 nitrogen and oxygen atoms in total. The molecular formula is C27H31F2N3O4S. The maximum Gasteiger partial charge on any atom is 0.221 e. The van der Waals surface area contributed by atoms with Crippen molar-refractivity contribution in [2.75, 3.05) is 13.2 Å². The first kappa shape index (κ1) is 26.0. The second kappa shape index (κ2) is 10.6. The van der Waals surface area contributed by atoms with Gasteiger partial charge >= 0.3 is 0 Å². The molecule has 5 rings (SSSR count). The maximum atomic E-state index is 15.7. The standard InChI is InChI=1S/C27H31F2N3O4S/c1-19-7-8-25(20-5-3-2-4-6-20)37(33,34)32(19)18-21-15-24(29)22(16-23(21)28)27(9-12-35-13-10-27)31-17-26-30-11-14-36-26/h2-6,11,14-16,19,25,31H,7-10,12-13,17-18H2,1H3/t19-,25+/m0/s1. The van der Waals surface area contributed by atoms with Gasteiger partial charge in [-0.1, -0.05) is 30.3 Å². The molecule has 0 aliphatic carbocycles. The minimum Gasteiger partial charge on any atom is -0.448 e. The number of aromatic nitrogens is 1. The van der Waals surface area contributed by atoms with Crippen LogP contribution in [-0.2, 0) is 33.4 Å². The van der Waals surface area contributed by atoms with E-state index in [-0.39, 0.29) is 30.3 Å². The van der Waals surface area contributed by atoms with Crippen molar-refractivity contribution in [1.29, 1.82) is 0 Å². The maximum absolute atomic E-state index is 15.7. The third-order valence-electron chi connectivity index (χ3n) is 7.58. The van der Waals surface area contributed by atoms with Gasteiger partial charge in [-0.25, -0.2) is 22.2 Å². The Morgan fingerprint density at radius 3 is 2.57 bits per heavy atom. The molecule has 0 saturated carbocycles. The number of benzene rings is 2. The van der Waals surface area contributed by atoms with Gasteiger partial charge in [-0.2, -0.15) is 4.31 Å². The molecule has 3 heterocycles. The third kappa shape index (κ3) is 5.20. The minimum absolute atomic E-state index is 0.0142. The first-order valence-electron chi connectivity index (χ1n) is 12.6. The van der Waals surface area contributed by atoms with Crippen molar-refractivity contribution in [2.24, 2.45) is 0 Å². The highest BCUT2D eigenvalue weighted by molar-refractivity contribution is 7.89. The Labute approximate surface area is 215 Å². The molecule has 0 radical (unpaired) electrons. The SMILES string of the molecule is C[C@H]1CC[C@H](c2ccccc2)S(=O)(=O)N1Cc1cc(F)c(C2(NCc3ncco3)CCOCC2)cc1F. The zero-order chi connectivity index (χ0) is 26.0. The Morgan fingerprint density at radius 1 is 1.11 bits per heavy atom. The van der Waals surface area contributed by atoms with Gasteiger partial charge in [0.25, 0.3) is 0 Å². The van der Waals surface area contributed by atoms with Crippen LogP contribution in [0, 0.1) is 11.6 Å². The first-order chi connectivity index (χ1) is 17.8. The smallest absolute Gasteiger partial charge is 0.221 e. The number of ether oxygens (including phenoxy) is 1. The predicted molar refractivity (Wildman–Crippen MR) is 134 cm³/mol. The average Bonchev–Trinajstić information content (AvgIpc) is 3.42. The molecule has 0 unspecified atom stereocenters. The van der Waals surface area contributed by atoms with Crippen LogP contribution in [0.3, 0.4) is 0 Å². The van der Waals surface area contributed by atoms with Gasteiger partial charge in [0.2, 0.25) is 15.9 Å². The van der Waals surface area contributed by atoms with Crippen LogP contribution in [0.5, 0.6) is 0 Å². The summed E-state index contributed by atoms with van der Waals surface area (Å²) in [4.78, 5) is 4.10. The summed E-state index contributed by atoms with van der Waals surface area (Å²) in [6.07, 6.45) is 5.00. The molecule has 1 N–H and O–H groups in total. The Hall–Kier alpha value is -2.66. The summed E-state index contributed by atoms with van der Waals surface area (Å²) < 4.78 is 70.4. The van der Waals surface area contributed by atoms with Gasteiger partial charge in [0.05, 0.1) is 18.3 Å². The van der Waals surface area contributed by atoms with Gasteiger partial charge in [0.15, 0.2) is 0 Å². The van der Waals surface area contributed by atoms with Gasteiger partial charge < -0.3 is 9.15 Å². The second-order valence-corrected chi connectivity index (χ2v) is 11.9. The molecule has 2 aliphatic rings. The van der Waals surface area contributed by atoms with E-state index in [1.165, 1.54) is 22.8 Å². The lowest BCUT2D eigenvalue weighted by Gasteiger charge is -2.39. The van der Waals surface area contributed by atoms with E-state index in [4.69, 9.17) is 9.15 Å². The number of sulfonamides is 1. The lowest BCUT2D eigenvalue weighted by Crippen LogP contribution is -2.47. The van der Waals surface area contributed by atoms with Crippen LogP contribution in [0.25, 0.3) is 0 Å². The van der Waals surface area contributed by atoms with Crippen LogP contribution in [0.1, 0.15) is 60.4 Å². The summed E-state index contributed by atoms with van der Waals surface area (Å²) in [5.74, 6) is -0.773. The number of oxazole rings is 1. The molecule has 0 amide bonds. The van der Waals surface area contributed by atoms with Crippen LogP contribution in [-0.4, -0.2) is 37.0 Å². The first-order valence-corrected chi connectivity index (χ1v) is 14.1. The fourth-order valence-corrected chi connectivity index (χ4v) is 7.63. The van der Waals surface area contributed by atoms with E-state index in [0.717, 1.165) is 6.07 Å². The summed E-state index contributed by atoms with van der Waals surface area (Å²) in [5, 5.41) is 2.61. The van der Waals surface area contributed by atoms with Crippen molar-refractivity contribution in [3.63, 3.8) is 0 Å². The molecule has 37 heavy (non-hydrogen) atoms. The lowest BCUT2D eigenvalue weighted by molar-refractivity contribution is 0.0332. The fraction of sp³-hybridized carbons (Fsp3) is 0.444. The van der Waals surface area contributed by atoms with Crippen molar-refractivity contribution >= 4 is 10.0 Å². The van der Waals surface area contributed by atoms with Gasteiger partial charge in [-0.05, 0) is 50.3 Å². The van der Waals surface area contributed by atoms with Crippen LogP contribution < -0.4 is 5.32 Å². The molecule has 2 aliphatic heterocycles. The summed E-state index contributed by atoms with van der Waals surface area (Å²) in [7, 11) is -3.77. The molecule has 198 valence electrons. The van der Waals surface area contributed by atoms with E-state index in [9.17, 15) is 8.42 Å². The lowest BCUT2D eigenvalue weighted by atomic mass is 9.81. The Morgan fingerprint density at radius 2 is 1.86 bits per heavy atom. The minimum atomic E-state index is -3.77. The fourth-order valence-electron chi connectivity index (χ4n) is 5.44. The molecule has 0 bridgehead atoms. The molecule has 10 heteroatoms. The second-order valence-electron chi connectivity index (χ2n) is 9.81. The summed E-state index contributed by atoms with van der Waals surface area (Å²) in [6, 6.07) is 11.1. The number of hydrogen-bond donors (Lipinski definition) is 1. The third-order valence-corrected chi connectivity index (χ3v) is 9.95. The quantitative estimate of drug-likeness (QED) is 0.471. The molecule has 0 spiro atoms. The van der Waals surface area contributed by atoms with E-state index in [1.807, 2.05) is 25.1 Å². The van der Waals surface area contributed by atoms with Crippen LogP contribution in [0.15, 0.2) is 59.3 Å². The number of nitrogens with one attached hydrogen (secondary N) is 1. The van der Waals surface area contributed by atoms with Gasteiger partial charge in [0, 0.05) is 36.9 Å². The van der Waals surface area contributed by atoms with Crippen molar-refractivity contribution in [1.82, 2.24) is 14.6 Å². The zero-order valence-corrected chi connectivity index (χ0v) is 21.5. The van der Waals surface area contributed by atoms with Crippen molar-refractivity contribution < 1.29 is 26.4 Å². The Balaban J connectivity index is 1.43. The molecule has 2 fully saturated rings. The summed E-state index contributed by atoms with van der Waals surface area (Å²) in [6.45, 7) is 2.62. The largest absolute Gasteiger partial charge is 0.448 e. The summed E-state index contributed by atoms with van der Waals surface area (Å²) in [5.41, 5.74) is 0.0552. The van der Waals surface area contributed by atoms with Crippen molar-refractivity contribution in [3.8, 4) is 0 Å². The molecule has 2 aromatic carbocycles. The number of hydrogen-bond acceptors (Lipinski definition) is 6.